The van der Waals surface area contributed by atoms with Crippen LogP contribution in [0, 0.1) is 0 Å². The Morgan fingerprint density at radius 1 is 1.00 bits per heavy atom. The maximum absolute atomic E-state index is 11.6. The molecule has 1 fully saturated rings. The zero-order valence-electron chi connectivity index (χ0n) is 24.0. The fourth-order valence-electron chi connectivity index (χ4n) is 4.90. The van der Waals surface area contributed by atoms with Gasteiger partial charge in [-0.2, -0.15) is 5.10 Å². The average molecular weight is 561 g/mol. The molecule has 0 spiro atoms. The fraction of sp³-hybridized carbons (Fsp3) is 0.433. The molecule has 0 bridgehead atoms. The summed E-state index contributed by atoms with van der Waals surface area (Å²) < 4.78 is 16.1. The molecule has 0 atom stereocenters. The van der Waals surface area contributed by atoms with Gasteiger partial charge in [-0.15, -0.1) is 0 Å². The number of rotatable bonds is 11. The number of ether oxygens (including phenoxy) is 2. The van der Waals surface area contributed by atoms with E-state index in [9.17, 15) is 4.79 Å². The molecule has 0 radical (unpaired) electrons. The SMILES string of the molecule is CC(=O)N1CCN(CCn2ccc3cc(Oc4ccc(-c5ccnn5COCC[Si](C)(C)C)cn4)ccc32)CC1. The zero-order valence-corrected chi connectivity index (χ0v) is 25.0. The van der Waals surface area contributed by atoms with Gasteiger partial charge in [0.05, 0.1) is 5.69 Å². The summed E-state index contributed by atoms with van der Waals surface area (Å²) in [7, 11) is -1.12. The Labute approximate surface area is 237 Å². The van der Waals surface area contributed by atoms with Crippen molar-refractivity contribution in [3.8, 4) is 22.9 Å². The molecule has 1 aliphatic heterocycles. The first kappa shape index (κ1) is 28.1. The third kappa shape index (κ3) is 7.18. The van der Waals surface area contributed by atoms with E-state index in [2.05, 4.69) is 63.6 Å². The number of hydrogen-bond acceptors (Lipinski definition) is 6. The van der Waals surface area contributed by atoms with Crippen LogP contribution in [0.25, 0.3) is 22.2 Å². The average Bonchev–Trinajstić information content (AvgIpc) is 3.57. The number of amides is 1. The molecule has 1 saturated heterocycles. The number of benzene rings is 1. The number of aromatic nitrogens is 4. The van der Waals surface area contributed by atoms with Crippen molar-refractivity contribution in [1.29, 1.82) is 0 Å². The van der Waals surface area contributed by atoms with Crippen LogP contribution >= 0.6 is 0 Å². The van der Waals surface area contributed by atoms with E-state index in [4.69, 9.17) is 9.47 Å². The number of piperazine rings is 1. The van der Waals surface area contributed by atoms with Crippen molar-refractivity contribution in [2.24, 2.45) is 0 Å². The summed E-state index contributed by atoms with van der Waals surface area (Å²) in [5, 5.41) is 5.55. The molecule has 1 aromatic carbocycles. The minimum Gasteiger partial charge on any atom is -0.439 e. The lowest BCUT2D eigenvalue weighted by Gasteiger charge is -2.34. The molecule has 9 nitrogen and oxygen atoms in total. The monoisotopic (exact) mass is 560 g/mol. The van der Waals surface area contributed by atoms with Gasteiger partial charge in [-0.25, -0.2) is 9.67 Å². The molecule has 5 rings (SSSR count). The molecule has 3 aromatic heterocycles. The minimum absolute atomic E-state index is 0.168. The highest BCUT2D eigenvalue weighted by molar-refractivity contribution is 6.76. The van der Waals surface area contributed by atoms with Crippen molar-refractivity contribution >= 4 is 24.9 Å². The predicted octanol–water partition coefficient (Wildman–Crippen LogP) is 5.17. The Bertz CT molecular complexity index is 1420. The van der Waals surface area contributed by atoms with E-state index < -0.39 is 8.07 Å². The topological polar surface area (TPSA) is 77.7 Å². The Balaban J connectivity index is 1.16. The smallest absolute Gasteiger partial charge is 0.219 e. The maximum Gasteiger partial charge on any atom is 0.219 e. The number of pyridine rings is 1. The third-order valence-corrected chi connectivity index (χ3v) is 9.10. The molecule has 4 heterocycles. The Hall–Kier alpha value is -3.47. The van der Waals surface area contributed by atoms with Crippen LogP contribution in [0.4, 0.5) is 0 Å². The van der Waals surface area contributed by atoms with Crippen molar-refractivity contribution in [2.75, 3.05) is 39.3 Å². The van der Waals surface area contributed by atoms with Crippen molar-refractivity contribution in [1.82, 2.24) is 29.1 Å². The van der Waals surface area contributed by atoms with Crippen LogP contribution in [0.2, 0.25) is 25.7 Å². The standard InChI is InChI=1S/C30H40N6O3Si/c1-24(37)34-16-13-33(14-17-34)15-18-35-12-10-25-21-27(6-7-28(25)35)39-30-8-5-26(22-31-30)29-9-11-32-36(29)23-38-19-20-40(2,3)4/h5-12,21-22H,13-20,23H2,1-4H3. The van der Waals surface area contributed by atoms with Crippen molar-refractivity contribution in [3.05, 3.63) is 61.1 Å². The lowest BCUT2D eigenvalue weighted by Crippen LogP contribution is -2.48. The number of fused-ring (bicyclic) bond motifs is 1. The summed E-state index contributed by atoms with van der Waals surface area (Å²) >= 11 is 0. The van der Waals surface area contributed by atoms with E-state index in [1.807, 2.05) is 40.0 Å². The second-order valence-corrected chi connectivity index (χ2v) is 17.2. The van der Waals surface area contributed by atoms with Crippen molar-refractivity contribution in [2.45, 2.75) is 45.9 Å². The van der Waals surface area contributed by atoms with Gasteiger partial charge >= 0.3 is 0 Å². The van der Waals surface area contributed by atoms with Gasteiger partial charge in [0.1, 0.15) is 12.5 Å². The summed E-state index contributed by atoms with van der Waals surface area (Å²) in [4.78, 5) is 20.5. The molecule has 0 unspecified atom stereocenters. The quantitative estimate of drug-likeness (QED) is 0.186. The number of nitrogens with zero attached hydrogens (tertiary/aromatic N) is 6. The van der Waals surface area contributed by atoms with Gasteiger partial charge in [0.2, 0.25) is 11.8 Å². The molecule has 4 aromatic rings. The molecule has 0 saturated carbocycles. The summed E-state index contributed by atoms with van der Waals surface area (Å²) in [5.74, 6) is 1.47. The fourth-order valence-corrected chi connectivity index (χ4v) is 5.65. The van der Waals surface area contributed by atoms with Gasteiger partial charge in [0.25, 0.3) is 0 Å². The van der Waals surface area contributed by atoms with Gasteiger partial charge < -0.3 is 18.9 Å². The van der Waals surface area contributed by atoms with Crippen LogP contribution in [0.3, 0.4) is 0 Å². The summed E-state index contributed by atoms with van der Waals surface area (Å²) in [6, 6.07) is 15.3. The van der Waals surface area contributed by atoms with Crippen LogP contribution in [0.5, 0.6) is 11.6 Å². The molecule has 0 aliphatic carbocycles. The number of hydrogen-bond donors (Lipinski definition) is 0. The van der Waals surface area contributed by atoms with Crippen LogP contribution in [-0.4, -0.2) is 82.4 Å². The molecule has 40 heavy (non-hydrogen) atoms. The number of carbonyl (C=O) groups excluding carboxylic acids is 1. The van der Waals surface area contributed by atoms with Gasteiger partial charge in [-0.3, -0.25) is 9.69 Å². The Morgan fingerprint density at radius 3 is 2.55 bits per heavy atom. The van der Waals surface area contributed by atoms with Gasteiger partial charge in [-0.05, 0) is 42.4 Å². The maximum atomic E-state index is 11.6. The Morgan fingerprint density at radius 2 is 1.82 bits per heavy atom. The highest BCUT2D eigenvalue weighted by Gasteiger charge is 2.18. The first-order chi connectivity index (χ1) is 19.2. The minimum atomic E-state index is -1.12. The predicted molar refractivity (Wildman–Crippen MR) is 160 cm³/mol. The van der Waals surface area contributed by atoms with E-state index in [1.165, 1.54) is 5.52 Å². The Kier molecular flexibility index (Phi) is 8.68. The largest absolute Gasteiger partial charge is 0.439 e. The second-order valence-electron chi connectivity index (χ2n) is 11.6. The molecular formula is C30H40N6O3Si. The van der Waals surface area contributed by atoms with Gasteiger partial charge in [0, 0.05) is 102 Å². The molecular weight excluding hydrogens is 520 g/mol. The van der Waals surface area contributed by atoms with E-state index >= 15 is 0 Å². The molecule has 212 valence electrons. The van der Waals surface area contributed by atoms with E-state index in [1.54, 1.807) is 13.1 Å². The highest BCUT2D eigenvalue weighted by Crippen LogP contribution is 2.27. The van der Waals surface area contributed by atoms with Crippen molar-refractivity contribution in [3.63, 3.8) is 0 Å². The first-order valence-corrected chi connectivity index (χ1v) is 17.8. The van der Waals surface area contributed by atoms with E-state index in [-0.39, 0.29) is 5.91 Å². The second kappa shape index (κ2) is 12.4. The molecule has 0 N–H and O–H groups in total. The normalized spacial score (nSPS) is 14.7. The first-order valence-electron chi connectivity index (χ1n) is 14.1. The van der Waals surface area contributed by atoms with Crippen LogP contribution in [0.1, 0.15) is 6.92 Å². The highest BCUT2D eigenvalue weighted by atomic mass is 28.3. The van der Waals surface area contributed by atoms with Crippen molar-refractivity contribution < 1.29 is 14.3 Å². The van der Waals surface area contributed by atoms with E-state index in [0.29, 0.717) is 12.6 Å². The third-order valence-electron chi connectivity index (χ3n) is 7.40. The number of carbonyl (C=O) groups is 1. The van der Waals surface area contributed by atoms with Crippen LogP contribution in [-0.2, 0) is 22.8 Å². The summed E-state index contributed by atoms with van der Waals surface area (Å²) in [5.41, 5.74) is 3.11. The van der Waals surface area contributed by atoms with E-state index in [0.717, 1.165) is 74.3 Å². The molecule has 1 aliphatic rings. The van der Waals surface area contributed by atoms with Crippen LogP contribution < -0.4 is 4.74 Å². The van der Waals surface area contributed by atoms with Crippen LogP contribution in [0.15, 0.2) is 61.1 Å². The lowest BCUT2D eigenvalue weighted by molar-refractivity contribution is -0.130. The zero-order chi connectivity index (χ0) is 28.1. The van der Waals surface area contributed by atoms with Gasteiger partial charge in [-0.1, -0.05) is 19.6 Å². The summed E-state index contributed by atoms with van der Waals surface area (Å²) in [6.07, 6.45) is 5.74. The lowest BCUT2D eigenvalue weighted by atomic mass is 10.2. The molecule has 1 amide bonds. The van der Waals surface area contributed by atoms with Gasteiger partial charge in [0.15, 0.2) is 0 Å². The summed E-state index contributed by atoms with van der Waals surface area (Å²) in [6.45, 7) is 15.2. The molecule has 10 heteroatoms.